The van der Waals surface area contributed by atoms with E-state index in [1.165, 1.54) is 6.92 Å². The third-order valence-electron chi connectivity index (χ3n) is 3.07. The lowest BCUT2D eigenvalue weighted by molar-refractivity contribution is -0.573. The lowest BCUT2D eigenvalue weighted by Crippen LogP contribution is -2.48. The van der Waals surface area contributed by atoms with Gasteiger partial charge in [0, 0.05) is 25.0 Å². The van der Waals surface area contributed by atoms with E-state index in [4.69, 9.17) is 13.8 Å². The predicted octanol–water partition coefficient (Wildman–Crippen LogP) is 0.945. The summed E-state index contributed by atoms with van der Waals surface area (Å²) in [5.74, 6) is 0. The van der Waals surface area contributed by atoms with Gasteiger partial charge in [-0.05, 0) is 12.8 Å². The van der Waals surface area contributed by atoms with Crippen molar-refractivity contribution in [2.75, 3.05) is 26.4 Å². The zero-order valence-corrected chi connectivity index (χ0v) is 11.1. The molecule has 0 saturated carbocycles. The van der Waals surface area contributed by atoms with Gasteiger partial charge in [-0.3, -0.25) is 19.2 Å². The molecule has 0 bridgehead atoms. The van der Waals surface area contributed by atoms with Crippen LogP contribution in [0.1, 0.15) is 19.8 Å². The third-order valence-corrected chi connectivity index (χ3v) is 4.58. The highest BCUT2D eigenvalue weighted by molar-refractivity contribution is 7.51. The van der Waals surface area contributed by atoms with Crippen molar-refractivity contribution < 1.29 is 23.3 Å². The van der Waals surface area contributed by atoms with E-state index in [0.717, 1.165) is 12.8 Å². The van der Waals surface area contributed by atoms with E-state index in [9.17, 15) is 14.7 Å². The molecule has 2 fully saturated rings. The number of nitrogens with zero attached hydrogens (tertiary/aromatic N) is 1. The summed E-state index contributed by atoms with van der Waals surface area (Å²) in [6, 6.07) is 0. The zero-order valence-electron chi connectivity index (χ0n) is 10.2. The lowest BCUT2D eigenvalue weighted by atomic mass is 10.1. The van der Waals surface area contributed by atoms with Crippen LogP contribution in [0.3, 0.4) is 0 Å². The van der Waals surface area contributed by atoms with Crippen LogP contribution < -0.4 is 5.09 Å². The SMILES string of the molecule is CC1([N+](=O)[O-])COP(=O)(NC[C@@H]2CCCO2)OC1. The van der Waals surface area contributed by atoms with E-state index in [-0.39, 0.29) is 19.3 Å². The summed E-state index contributed by atoms with van der Waals surface area (Å²) in [6.45, 7) is 2.02. The quantitative estimate of drug-likeness (QED) is 0.464. The third kappa shape index (κ3) is 3.07. The van der Waals surface area contributed by atoms with Crippen molar-refractivity contribution >= 4 is 7.75 Å². The molecule has 0 aliphatic carbocycles. The molecule has 104 valence electrons. The van der Waals surface area contributed by atoms with Crippen molar-refractivity contribution in [2.24, 2.45) is 0 Å². The molecular weight excluding hydrogens is 263 g/mol. The van der Waals surface area contributed by atoms with Gasteiger partial charge in [0.1, 0.15) is 13.2 Å². The van der Waals surface area contributed by atoms with Crippen molar-refractivity contribution in [1.29, 1.82) is 0 Å². The summed E-state index contributed by atoms with van der Waals surface area (Å²) in [4.78, 5) is 10.3. The molecule has 0 unspecified atom stereocenters. The molecule has 0 aromatic rings. The fourth-order valence-electron chi connectivity index (χ4n) is 1.74. The van der Waals surface area contributed by atoms with Gasteiger partial charge < -0.3 is 4.74 Å². The van der Waals surface area contributed by atoms with Crippen LogP contribution in [0.4, 0.5) is 0 Å². The maximum absolute atomic E-state index is 12.1. The molecule has 2 heterocycles. The molecular formula is C9H17N2O6P. The van der Waals surface area contributed by atoms with Gasteiger partial charge in [0.25, 0.3) is 5.54 Å². The zero-order chi connectivity index (χ0) is 13.2. The number of nitrogens with one attached hydrogen (secondary N) is 1. The first-order chi connectivity index (χ1) is 8.44. The second-order valence-corrected chi connectivity index (χ2v) is 6.62. The fraction of sp³-hybridized carbons (Fsp3) is 1.00. The highest BCUT2D eigenvalue weighted by atomic mass is 31.2. The van der Waals surface area contributed by atoms with Crippen LogP contribution in [0.5, 0.6) is 0 Å². The minimum absolute atomic E-state index is 0.00634. The Morgan fingerprint density at radius 3 is 2.67 bits per heavy atom. The Bertz CT molecular complexity index is 358. The van der Waals surface area contributed by atoms with Gasteiger partial charge in [-0.25, -0.2) is 9.65 Å². The lowest BCUT2D eigenvalue weighted by Gasteiger charge is -2.31. The van der Waals surface area contributed by atoms with Crippen LogP contribution in [0, 0.1) is 10.1 Å². The summed E-state index contributed by atoms with van der Waals surface area (Å²) < 4.78 is 27.5. The second-order valence-electron chi connectivity index (χ2n) is 4.80. The number of rotatable bonds is 4. The highest BCUT2D eigenvalue weighted by Crippen LogP contribution is 2.48. The number of ether oxygens (including phenoxy) is 1. The molecule has 8 nitrogen and oxygen atoms in total. The van der Waals surface area contributed by atoms with Crippen LogP contribution in [0.15, 0.2) is 0 Å². The maximum Gasteiger partial charge on any atom is 0.406 e. The topological polar surface area (TPSA) is 99.9 Å². The first-order valence-electron chi connectivity index (χ1n) is 5.84. The molecule has 0 aromatic heterocycles. The average Bonchev–Trinajstić information content (AvgIpc) is 2.84. The van der Waals surface area contributed by atoms with E-state index in [1.807, 2.05) is 0 Å². The second kappa shape index (κ2) is 5.22. The van der Waals surface area contributed by atoms with Crippen LogP contribution in [0.2, 0.25) is 0 Å². The summed E-state index contributed by atoms with van der Waals surface area (Å²) in [7, 11) is -3.42. The first-order valence-corrected chi connectivity index (χ1v) is 7.38. The smallest absolute Gasteiger partial charge is 0.377 e. The molecule has 1 N–H and O–H groups in total. The first kappa shape index (κ1) is 13.9. The van der Waals surface area contributed by atoms with E-state index in [0.29, 0.717) is 13.2 Å². The van der Waals surface area contributed by atoms with E-state index in [2.05, 4.69) is 5.09 Å². The Balaban J connectivity index is 1.83. The molecule has 2 rings (SSSR count). The summed E-state index contributed by atoms with van der Waals surface area (Å²) in [5, 5.41) is 13.4. The average molecular weight is 280 g/mol. The van der Waals surface area contributed by atoms with Crippen LogP contribution in [-0.4, -0.2) is 42.9 Å². The van der Waals surface area contributed by atoms with Gasteiger partial charge in [0.2, 0.25) is 0 Å². The van der Waals surface area contributed by atoms with Crippen molar-refractivity contribution in [3.63, 3.8) is 0 Å². The van der Waals surface area contributed by atoms with E-state index < -0.39 is 18.2 Å². The number of nitro groups is 1. The van der Waals surface area contributed by atoms with Crippen molar-refractivity contribution in [3.05, 3.63) is 10.1 Å². The number of hydrogen-bond donors (Lipinski definition) is 1. The molecule has 2 aliphatic rings. The van der Waals surface area contributed by atoms with Gasteiger partial charge in [0.15, 0.2) is 0 Å². The Morgan fingerprint density at radius 1 is 1.50 bits per heavy atom. The maximum atomic E-state index is 12.1. The van der Waals surface area contributed by atoms with E-state index in [1.54, 1.807) is 0 Å². The standard InChI is InChI=1S/C9H17N2O6P/c1-9(11(12)13)6-16-18(14,17-7-9)10-5-8-3-2-4-15-8/h8H,2-7H2,1H3,(H,10,14)/t8-,9?,18?/m0/s1. The van der Waals surface area contributed by atoms with Crippen LogP contribution in [0.25, 0.3) is 0 Å². The van der Waals surface area contributed by atoms with Gasteiger partial charge in [-0.1, -0.05) is 0 Å². The molecule has 0 aromatic carbocycles. The summed E-state index contributed by atoms with van der Waals surface area (Å²) >= 11 is 0. The minimum atomic E-state index is -3.42. The normalized spacial score (nSPS) is 40.8. The molecule has 9 heteroatoms. The molecule has 1 atom stereocenters. The Labute approximate surface area is 105 Å². The van der Waals surface area contributed by atoms with Crippen LogP contribution in [-0.2, 0) is 18.3 Å². The fourth-order valence-corrected chi connectivity index (χ4v) is 3.32. The van der Waals surface area contributed by atoms with Gasteiger partial charge in [-0.2, -0.15) is 0 Å². The van der Waals surface area contributed by atoms with Crippen LogP contribution >= 0.6 is 7.75 Å². The number of hydrogen-bond acceptors (Lipinski definition) is 6. The largest absolute Gasteiger partial charge is 0.406 e. The molecule has 0 amide bonds. The predicted molar refractivity (Wildman–Crippen MR) is 61.9 cm³/mol. The Hall–Kier alpha value is -0.530. The Morgan fingerprint density at radius 2 is 2.17 bits per heavy atom. The van der Waals surface area contributed by atoms with Gasteiger partial charge in [0.05, 0.1) is 6.10 Å². The van der Waals surface area contributed by atoms with Gasteiger partial charge in [-0.15, -0.1) is 0 Å². The molecule has 2 aliphatic heterocycles. The summed E-state index contributed by atoms with van der Waals surface area (Å²) in [6.07, 6.45) is 1.89. The molecule has 18 heavy (non-hydrogen) atoms. The minimum Gasteiger partial charge on any atom is -0.377 e. The monoisotopic (exact) mass is 280 g/mol. The van der Waals surface area contributed by atoms with Crippen molar-refractivity contribution in [3.8, 4) is 0 Å². The molecule has 0 radical (unpaired) electrons. The molecule has 2 saturated heterocycles. The molecule has 0 spiro atoms. The highest BCUT2D eigenvalue weighted by Gasteiger charge is 2.47. The summed E-state index contributed by atoms with van der Waals surface area (Å²) in [5.41, 5.74) is -1.33. The van der Waals surface area contributed by atoms with E-state index >= 15 is 0 Å². The van der Waals surface area contributed by atoms with Crippen molar-refractivity contribution in [1.82, 2.24) is 5.09 Å². The van der Waals surface area contributed by atoms with Gasteiger partial charge >= 0.3 is 7.75 Å². The Kier molecular flexibility index (Phi) is 4.03. The van der Waals surface area contributed by atoms with Crippen molar-refractivity contribution in [2.45, 2.75) is 31.4 Å².